The molecule has 0 saturated carbocycles. The molecule has 2 rings (SSSR count). The molecule has 86 valence electrons. The first-order valence-corrected chi connectivity index (χ1v) is 4.94. The Morgan fingerprint density at radius 1 is 1.06 bits per heavy atom. The number of primary amides is 1. The Morgan fingerprint density at radius 3 is 2.29 bits per heavy atom. The topological polar surface area (TPSA) is 43.1 Å². The Balaban J connectivity index is 2.65. The van der Waals surface area contributed by atoms with Gasteiger partial charge in [0.15, 0.2) is 11.6 Å². The van der Waals surface area contributed by atoms with Crippen LogP contribution in [0.25, 0.3) is 11.1 Å². The van der Waals surface area contributed by atoms with Crippen molar-refractivity contribution in [2.45, 2.75) is 0 Å². The van der Waals surface area contributed by atoms with Crippen molar-refractivity contribution in [2.24, 2.45) is 5.73 Å². The fourth-order valence-corrected chi connectivity index (χ4v) is 1.56. The second-order valence-electron chi connectivity index (χ2n) is 3.55. The molecule has 0 aliphatic rings. The molecule has 2 nitrogen and oxygen atoms in total. The maximum Gasteiger partial charge on any atom is 0.248 e. The quantitative estimate of drug-likeness (QED) is 0.851. The Labute approximate surface area is 96.7 Å². The normalized spacial score (nSPS) is 10.2. The predicted molar refractivity (Wildman–Crippen MR) is 60.3 cm³/mol. The van der Waals surface area contributed by atoms with Crippen molar-refractivity contribution < 1.29 is 13.6 Å². The molecule has 0 bridgehead atoms. The number of carbonyl (C=O) groups is 1. The highest BCUT2D eigenvalue weighted by Crippen LogP contribution is 2.25. The van der Waals surface area contributed by atoms with Crippen LogP contribution in [0.3, 0.4) is 0 Å². The maximum atomic E-state index is 13.6. The van der Waals surface area contributed by atoms with Gasteiger partial charge in [0.2, 0.25) is 5.91 Å². The first kappa shape index (κ1) is 11.3. The number of halogens is 2. The van der Waals surface area contributed by atoms with Gasteiger partial charge in [-0.2, -0.15) is 0 Å². The number of hydrogen-bond donors (Lipinski definition) is 1. The zero-order chi connectivity index (χ0) is 12.4. The van der Waals surface area contributed by atoms with Crippen LogP contribution in [-0.2, 0) is 0 Å². The van der Waals surface area contributed by atoms with E-state index in [-0.39, 0.29) is 11.1 Å². The number of rotatable bonds is 2. The van der Waals surface area contributed by atoms with Crippen molar-refractivity contribution in [3.8, 4) is 11.1 Å². The summed E-state index contributed by atoms with van der Waals surface area (Å²) in [5.41, 5.74) is 5.52. The molecule has 2 N–H and O–H groups in total. The third kappa shape index (κ3) is 2.15. The standard InChI is InChI=1S/C13H9F2NO/c14-11-7-9(13(16)17)6-10(12(11)15)8-4-2-1-3-5-8/h1-7H,(H2,16,17). The lowest BCUT2D eigenvalue weighted by atomic mass is 10.0. The molecule has 2 aromatic rings. The van der Waals surface area contributed by atoms with Crippen LogP contribution in [0.4, 0.5) is 8.78 Å². The van der Waals surface area contributed by atoms with Crippen molar-refractivity contribution in [3.63, 3.8) is 0 Å². The molecule has 0 saturated heterocycles. The number of amides is 1. The van der Waals surface area contributed by atoms with Crippen molar-refractivity contribution in [1.82, 2.24) is 0 Å². The summed E-state index contributed by atoms with van der Waals surface area (Å²) in [4.78, 5) is 11.0. The van der Waals surface area contributed by atoms with E-state index in [9.17, 15) is 13.6 Å². The molecular formula is C13H9F2NO. The van der Waals surface area contributed by atoms with Crippen molar-refractivity contribution in [2.75, 3.05) is 0 Å². The van der Waals surface area contributed by atoms with Gasteiger partial charge in [-0.3, -0.25) is 4.79 Å². The first-order chi connectivity index (χ1) is 8.09. The maximum absolute atomic E-state index is 13.6. The molecule has 2 aromatic carbocycles. The van der Waals surface area contributed by atoms with Gasteiger partial charge < -0.3 is 5.73 Å². The smallest absolute Gasteiger partial charge is 0.248 e. The van der Waals surface area contributed by atoms with Crippen LogP contribution in [0, 0.1) is 11.6 Å². The van der Waals surface area contributed by atoms with Gasteiger partial charge >= 0.3 is 0 Å². The summed E-state index contributed by atoms with van der Waals surface area (Å²) in [6.45, 7) is 0. The molecule has 4 heteroatoms. The second kappa shape index (κ2) is 4.33. The van der Waals surface area contributed by atoms with Crippen molar-refractivity contribution in [3.05, 3.63) is 59.7 Å². The van der Waals surface area contributed by atoms with Gasteiger partial charge in [0.05, 0.1) is 0 Å². The summed E-state index contributed by atoms with van der Waals surface area (Å²) >= 11 is 0. The molecule has 1 amide bonds. The summed E-state index contributed by atoms with van der Waals surface area (Å²) in [5.74, 6) is -2.86. The second-order valence-corrected chi connectivity index (χ2v) is 3.55. The van der Waals surface area contributed by atoms with Crippen molar-refractivity contribution >= 4 is 5.91 Å². The van der Waals surface area contributed by atoms with Crippen LogP contribution in [0.5, 0.6) is 0 Å². The summed E-state index contributed by atoms with van der Waals surface area (Å²) in [7, 11) is 0. The summed E-state index contributed by atoms with van der Waals surface area (Å²) in [5, 5.41) is 0. The van der Waals surface area contributed by atoms with Gasteiger partial charge in [-0.15, -0.1) is 0 Å². The van der Waals surface area contributed by atoms with Crippen LogP contribution in [0.2, 0.25) is 0 Å². The van der Waals surface area contributed by atoms with Gasteiger partial charge in [-0.1, -0.05) is 30.3 Å². The lowest BCUT2D eigenvalue weighted by Gasteiger charge is -2.06. The van der Waals surface area contributed by atoms with E-state index in [1.165, 1.54) is 6.07 Å². The van der Waals surface area contributed by atoms with Crippen LogP contribution in [0.1, 0.15) is 10.4 Å². The fraction of sp³-hybridized carbons (Fsp3) is 0. The van der Waals surface area contributed by atoms with E-state index in [4.69, 9.17) is 5.73 Å². The molecule has 0 unspecified atom stereocenters. The SMILES string of the molecule is NC(=O)c1cc(F)c(F)c(-c2ccccc2)c1. The molecule has 0 fully saturated rings. The summed E-state index contributed by atoms with van der Waals surface area (Å²) < 4.78 is 26.9. The molecule has 17 heavy (non-hydrogen) atoms. The predicted octanol–water partition coefficient (Wildman–Crippen LogP) is 2.73. The zero-order valence-corrected chi connectivity index (χ0v) is 8.78. The molecular weight excluding hydrogens is 224 g/mol. The average molecular weight is 233 g/mol. The lowest BCUT2D eigenvalue weighted by molar-refractivity contribution is 0.1000. The number of carbonyl (C=O) groups excluding carboxylic acids is 1. The summed E-state index contributed by atoms with van der Waals surface area (Å²) in [6, 6.07) is 10.5. The first-order valence-electron chi connectivity index (χ1n) is 4.94. The Hall–Kier alpha value is -2.23. The highest BCUT2D eigenvalue weighted by Gasteiger charge is 2.14. The average Bonchev–Trinajstić information content (AvgIpc) is 2.33. The molecule has 0 aliphatic carbocycles. The Bertz CT molecular complexity index is 567. The number of nitrogens with two attached hydrogens (primary N) is 1. The Morgan fingerprint density at radius 2 is 1.71 bits per heavy atom. The van der Waals surface area contributed by atoms with E-state index >= 15 is 0 Å². The minimum atomic E-state index is -1.08. The van der Waals surface area contributed by atoms with E-state index in [0.717, 1.165) is 6.07 Å². The molecule has 0 aliphatic heterocycles. The van der Waals surface area contributed by atoms with Crippen LogP contribution in [0.15, 0.2) is 42.5 Å². The third-order valence-electron chi connectivity index (χ3n) is 2.40. The summed E-state index contributed by atoms with van der Waals surface area (Å²) in [6.07, 6.45) is 0. The van der Waals surface area contributed by atoms with Gasteiger partial charge in [0, 0.05) is 11.1 Å². The molecule has 0 spiro atoms. The van der Waals surface area contributed by atoms with Gasteiger partial charge in [0.25, 0.3) is 0 Å². The molecule has 0 atom stereocenters. The van der Waals surface area contributed by atoms with E-state index in [1.54, 1.807) is 30.3 Å². The fourth-order valence-electron chi connectivity index (χ4n) is 1.56. The van der Waals surface area contributed by atoms with Gasteiger partial charge in [-0.25, -0.2) is 8.78 Å². The van der Waals surface area contributed by atoms with Crippen LogP contribution < -0.4 is 5.73 Å². The number of hydrogen-bond acceptors (Lipinski definition) is 1. The Kier molecular flexibility index (Phi) is 2.87. The minimum Gasteiger partial charge on any atom is -0.366 e. The van der Waals surface area contributed by atoms with E-state index < -0.39 is 17.5 Å². The zero-order valence-electron chi connectivity index (χ0n) is 8.78. The lowest BCUT2D eigenvalue weighted by Crippen LogP contribution is -2.12. The molecule has 0 heterocycles. The number of benzene rings is 2. The van der Waals surface area contributed by atoms with Crippen LogP contribution in [-0.4, -0.2) is 5.91 Å². The third-order valence-corrected chi connectivity index (χ3v) is 2.40. The van der Waals surface area contributed by atoms with Gasteiger partial charge in [-0.05, 0) is 17.7 Å². The largest absolute Gasteiger partial charge is 0.366 e. The minimum absolute atomic E-state index is 0.0272. The highest BCUT2D eigenvalue weighted by atomic mass is 19.2. The molecule has 0 aromatic heterocycles. The molecule has 0 radical (unpaired) electrons. The van der Waals surface area contributed by atoms with E-state index in [0.29, 0.717) is 5.56 Å². The van der Waals surface area contributed by atoms with Crippen molar-refractivity contribution in [1.29, 1.82) is 0 Å². The van der Waals surface area contributed by atoms with Gasteiger partial charge in [0.1, 0.15) is 0 Å². The highest BCUT2D eigenvalue weighted by molar-refractivity contribution is 5.94. The van der Waals surface area contributed by atoms with E-state index in [2.05, 4.69) is 0 Å². The van der Waals surface area contributed by atoms with Crippen LogP contribution >= 0.6 is 0 Å². The monoisotopic (exact) mass is 233 g/mol. The van der Waals surface area contributed by atoms with E-state index in [1.807, 2.05) is 0 Å².